The molecular formula is C17H16ClFN8S. The summed E-state index contributed by atoms with van der Waals surface area (Å²) in [5, 5.41) is 21.7. The lowest BCUT2D eigenvalue weighted by Crippen LogP contribution is -2.05. The molecule has 4 aromatic rings. The van der Waals surface area contributed by atoms with Gasteiger partial charge in [0, 0.05) is 28.9 Å². The summed E-state index contributed by atoms with van der Waals surface area (Å²) < 4.78 is 17.2. The van der Waals surface area contributed by atoms with Crippen LogP contribution in [-0.2, 0) is 13.1 Å². The highest BCUT2D eigenvalue weighted by Crippen LogP contribution is 2.23. The van der Waals surface area contributed by atoms with Gasteiger partial charge in [0.2, 0.25) is 5.13 Å². The Kier molecular flexibility index (Phi) is 4.97. The monoisotopic (exact) mass is 418 g/mol. The van der Waals surface area contributed by atoms with Crippen LogP contribution in [0.15, 0.2) is 36.5 Å². The number of hydrogen-bond donors (Lipinski definition) is 2. The second-order valence-corrected chi connectivity index (χ2v) is 7.56. The van der Waals surface area contributed by atoms with Gasteiger partial charge in [-0.3, -0.25) is 4.68 Å². The minimum Gasteiger partial charge on any atom is -0.384 e. The van der Waals surface area contributed by atoms with Gasteiger partial charge < -0.3 is 11.1 Å². The molecule has 28 heavy (non-hydrogen) atoms. The highest BCUT2D eigenvalue weighted by Gasteiger charge is 2.11. The molecule has 8 nitrogen and oxygen atoms in total. The van der Waals surface area contributed by atoms with Crippen molar-refractivity contribution < 1.29 is 4.39 Å². The Balaban J connectivity index is 1.43. The van der Waals surface area contributed by atoms with E-state index in [9.17, 15) is 4.39 Å². The van der Waals surface area contributed by atoms with E-state index in [4.69, 9.17) is 17.3 Å². The fourth-order valence-corrected chi connectivity index (χ4v) is 3.61. The van der Waals surface area contributed by atoms with Crippen molar-refractivity contribution in [3.63, 3.8) is 0 Å². The number of aryl methyl sites for hydroxylation is 1. The molecule has 0 radical (unpaired) electrons. The van der Waals surface area contributed by atoms with Crippen LogP contribution in [0.5, 0.6) is 0 Å². The van der Waals surface area contributed by atoms with E-state index in [1.807, 2.05) is 6.92 Å². The topological polar surface area (TPSA) is 99.5 Å². The highest BCUT2D eigenvalue weighted by atomic mass is 35.5. The third-order valence-electron chi connectivity index (χ3n) is 3.94. The van der Waals surface area contributed by atoms with E-state index in [1.54, 1.807) is 39.8 Å². The van der Waals surface area contributed by atoms with Crippen LogP contribution >= 0.6 is 22.9 Å². The maximum atomic E-state index is 13.9. The van der Waals surface area contributed by atoms with E-state index in [0.29, 0.717) is 33.9 Å². The zero-order valence-corrected chi connectivity index (χ0v) is 16.4. The fourth-order valence-electron chi connectivity index (χ4n) is 2.66. The summed E-state index contributed by atoms with van der Waals surface area (Å²) in [5.74, 6) is 0.789. The molecule has 0 saturated heterocycles. The van der Waals surface area contributed by atoms with Crippen molar-refractivity contribution in [2.45, 2.75) is 20.0 Å². The van der Waals surface area contributed by atoms with Gasteiger partial charge in [-0.15, -0.1) is 10.2 Å². The van der Waals surface area contributed by atoms with E-state index in [0.717, 1.165) is 10.7 Å². The van der Waals surface area contributed by atoms with Gasteiger partial charge in [0.15, 0.2) is 5.82 Å². The third kappa shape index (κ3) is 3.97. The van der Waals surface area contributed by atoms with Crippen molar-refractivity contribution in [1.82, 2.24) is 29.8 Å². The molecule has 0 aliphatic heterocycles. The molecule has 0 unspecified atom stereocenters. The average molecular weight is 419 g/mol. The molecular weight excluding hydrogens is 403 g/mol. The van der Waals surface area contributed by atoms with Crippen LogP contribution in [0.2, 0.25) is 5.02 Å². The van der Waals surface area contributed by atoms with Crippen molar-refractivity contribution in [2.75, 3.05) is 11.1 Å². The number of nitrogens with one attached hydrogen (secondary N) is 1. The lowest BCUT2D eigenvalue weighted by molar-refractivity contribution is 0.586. The molecule has 0 aliphatic carbocycles. The molecule has 0 atom stereocenters. The Morgan fingerprint density at radius 3 is 2.82 bits per heavy atom. The number of aromatic nitrogens is 6. The molecule has 3 aromatic heterocycles. The van der Waals surface area contributed by atoms with Crippen LogP contribution in [0.3, 0.4) is 0 Å². The van der Waals surface area contributed by atoms with Gasteiger partial charge in [0.1, 0.15) is 16.6 Å². The number of nitrogen functional groups attached to an aromatic ring is 1. The fraction of sp³-hybridized carbons (Fsp3) is 0.176. The van der Waals surface area contributed by atoms with Crippen molar-refractivity contribution in [3.8, 4) is 0 Å². The summed E-state index contributed by atoms with van der Waals surface area (Å²) in [6.45, 7) is 2.55. The molecule has 0 saturated carbocycles. The van der Waals surface area contributed by atoms with Crippen molar-refractivity contribution >= 4 is 39.7 Å². The lowest BCUT2D eigenvalue weighted by Gasteiger charge is -2.05. The van der Waals surface area contributed by atoms with Gasteiger partial charge in [-0.2, -0.15) is 10.2 Å². The normalized spacial score (nSPS) is 11.1. The highest BCUT2D eigenvalue weighted by molar-refractivity contribution is 7.15. The zero-order chi connectivity index (χ0) is 19.7. The summed E-state index contributed by atoms with van der Waals surface area (Å²) >= 11 is 7.45. The van der Waals surface area contributed by atoms with Crippen LogP contribution in [0.25, 0.3) is 0 Å². The molecule has 0 spiro atoms. The van der Waals surface area contributed by atoms with Gasteiger partial charge in [0.25, 0.3) is 0 Å². The number of nitrogens with two attached hydrogens (primary N) is 1. The van der Waals surface area contributed by atoms with E-state index in [2.05, 4.69) is 25.7 Å². The first-order chi connectivity index (χ1) is 13.5. The standard InChI is InChI=1S/C17H16ClFN8S/c1-10-7-14(20)27(24-10)9-16-22-23-17(28-16)21-15-5-6-26(25-15)8-11-12(18)3-2-4-13(11)19/h2-7H,8-9,20H2,1H3,(H,21,23,25). The second-order valence-electron chi connectivity index (χ2n) is 6.09. The minimum absolute atomic E-state index is 0.229. The van der Waals surface area contributed by atoms with E-state index in [-0.39, 0.29) is 12.4 Å². The second kappa shape index (κ2) is 7.56. The molecule has 1 aromatic carbocycles. The van der Waals surface area contributed by atoms with E-state index >= 15 is 0 Å². The molecule has 144 valence electrons. The predicted octanol–water partition coefficient (Wildman–Crippen LogP) is 3.45. The van der Waals surface area contributed by atoms with Gasteiger partial charge in [-0.1, -0.05) is 29.0 Å². The minimum atomic E-state index is -0.362. The largest absolute Gasteiger partial charge is 0.384 e. The number of nitrogens with zero attached hydrogens (tertiary/aromatic N) is 6. The Morgan fingerprint density at radius 1 is 1.21 bits per heavy atom. The maximum Gasteiger partial charge on any atom is 0.211 e. The number of halogens is 2. The predicted molar refractivity (Wildman–Crippen MR) is 106 cm³/mol. The number of anilines is 3. The van der Waals surface area contributed by atoms with Crippen LogP contribution in [-0.4, -0.2) is 29.8 Å². The molecule has 3 N–H and O–H groups in total. The number of rotatable bonds is 6. The quantitative estimate of drug-likeness (QED) is 0.497. The van der Waals surface area contributed by atoms with Crippen molar-refractivity contribution in [3.05, 3.63) is 63.6 Å². The van der Waals surface area contributed by atoms with Gasteiger partial charge >= 0.3 is 0 Å². The molecule has 0 fully saturated rings. The summed E-state index contributed by atoms with van der Waals surface area (Å²) in [6.07, 6.45) is 1.74. The lowest BCUT2D eigenvalue weighted by atomic mass is 10.2. The van der Waals surface area contributed by atoms with Crippen LogP contribution in [0.1, 0.15) is 16.3 Å². The summed E-state index contributed by atoms with van der Waals surface area (Å²) in [6, 6.07) is 8.17. The van der Waals surface area contributed by atoms with E-state index < -0.39 is 0 Å². The number of hydrogen-bond acceptors (Lipinski definition) is 7. The summed E-state index contributed by atoms with van der Waals surface area (Å²) in [7, 11) is 0. The first-order valence-corrected chi connectivity index (χ1v) is 9.53. The first-order valence-electron chi connectivity index (χ1n) is 8.33. The SMILES string of the molecule is Cc1cc(N)n(Cc2nnc(Nc3ccn(Cc4c(F)cccc4Cl)n3)s2)n1. The molecule has 4 rings (SSSR count). The Morgan fingerprint density at radius 2 is 2.07 bits per heavy atom. The van der Waals surface area contributed by atoms with Crippen molar-refractivity contribution in [2.24, 2.45) is 0 Å². The van der Waals surface area contributed by atoms with Gasteiger partial charge in [-0.25, -0.2) is 9.07 Å². The Bertz CT molecular complexity index is 1100. The van der Waals surface area contributed by atoms with Gasteiger partial charge in [0.05, 0.1) is 18.8 Å². The number of benzene rings is 1. The summed E-state index contributed by atoms with van der Waals surface area (Å²) in [5.41, 5.74) is 7.14. The summed E-state index contributed by atoms with van der Waals surface area (Å²) in [4.78, 5) is 0. The van der Waals surface area contributed by atoms with Gasteiger partial charge in [-0.05, 0) is 19.1 Å². The Hall–Kier alpha value is -2.98. The molecule has 0 bridgehead atoms. The van der Waals surface area contributed by atoms with Crippen LogP contribution in [0, 0.1) is 12.7 Å². The molecule has 0 amide bonds. The average Bonchev–Trinajstić information content (AvgIpc) is 3.34. The molecule has 11 heteroatoms. The van der Waals surface area contributed by atoms with Crippen LogP contribution < -0.4 is 11.1 Å². The third-order valence-corrected chi connectivity index (χ3v) is 5.12. The van der Waals surface area contributed by atoms with Crippen LogP contribution in [0.4, 0.5) is 21.2 Å². The first kappa shape index (κ1) is 18.4. The smallest absolute Gasteiger partial charge is 0.211 e. The molecule has 0 aliphatic rings. The maximum absolute atomic E-state index is 13.9. The zero-order valence-electron chi connectivity index (χ0n) is 14.8. The van der Waals surface area contributed by atoms with E-state index in [1.165, 1.54) is 17.4 Å². The molecule has 3 heterocycles. The van der Waals surface area contributed by atoms with Crippen molar-refractivity contribution in [1.29, 1.82) is 0 Å². The Labute approximate surface area is 168 Å².